The summed E-state index contributed by atoms with van der Waals surface area (Å²) in [7, 11) is 0. The minimum absolute atomic E-state index is 1.03. The van der Waals surface area contributed by atoms with Gasteiger partial charge in [-0.3, -0.25) is 0 Å². The maximum Gasteiger partial charge on any atom is -0.0352 e. The quantitative estimate of drug-likeness (QED) is 0.506. The molecule has 22 heavy (non-hydrogen) atoms. The van der Waals surface area contributed by atoms with Crippen LogP contribution >= 0.6 is 0 Å². The van der Waals surface area contributed by atoms with E-state index in [-0.39, 0.29) is 0 Å². The number of hydrogen-bond acceptors (Lipinski definition) is 0. The Labute approximate surface area is 138 Å². The van der Waals surface area contributed by atoms with Crippen molar-refractivity contribution in [3.05, 3.63) is 0 Å². The fourth-order valence-corrected chi connectivity index (χ4v) is 7.68. The lowest BCUT2D eigenvalue weighted by Gasteiger charge is -2.54. The van der Waals surface area contributed by atoms with Gasteiger partial charge in [-0.25, -0.2) is 0 Å². The van der Waals surface area contributed by atoms with E-state index in [1.165, 1.54) is 12.8 Å². The average molecular weight is 303 g/mol. The molecule has 8 unspecified atom stereocenters. The molecule has 0 aliphatic heterocycles. The SMILES string of the molecule is CC1CCC(C2CCC(C)C3CCCCC32)C2CCCCC12. The van der Waals surface area contributed by atoms with E-state index in [1.54, 1.807) is 64.2 Å². The van der Waals surface area contributed by atoms with Crippen molar-refractivity contribution >= 4 is 0 Å². The molecule has 4 aliphatic rings. The lowest BCUT2D eigenvalue weighted by molar-refractivity contribution is -0.0413. The third-order valence-electron chi connectivity index (χ3n) is 8.77. The lowest BCUT2D eigenvalue weighted by Crippen LogP contribution is -2.45. The van der Waals surface area contributed by atoms with Gasteiger partial charge < -0.3 is 0 Å². The molecule has 0 aromatic heterocycles. The molecule has 0 spiro atoms. The van der Waals surface area contributed by atoms with Gasteiger partial charge in [0.05, 0.1) is 0 Å². The molecular weight excluding hydrogens is 264 g/mol. The van der Waals surface area contributed by atoms with E-state index in [4.69, 9.17) is 0 Å². The number of fused-ring (bicyclic) bond motifs is 2. The Morgan fingerprint density at radius 2 is 0.682 bits per heavy atom. The predicted octanol–water partition coefficient (Wildman–Crippen LogP) is 6.69. The van der Waals surface area contributed by atoms with Crippen LogP contribution in [0.15, 0.2) is 0 Å². The van der Waals surface area contributed by atoms with Crippen LogP contribution in [-0.2, 0) is 0 Å². The molecule has 126 valence electrons. The summed E-state index contributed by atoms with van der Waals surface area (Å²) in [6.07, 6.45) is 18.7. The number of hydrogen-bond donors (Lipinski definition) is 0. The van der Waals surface area contributed by atoms with Gasteiger partial charge in [0.15, 0.2) is 0 Å². The summed E-state index contributed by atoms with van der Waals surface area (Å²) >= 11 is 0. The molecule has 0 aromatic rings. The highest BCUT2D eigenvalue weighted by atomic mass is 14.5. The minimum atomic E-state index is 1.03. The Kier molecular flexibility index (Phi) is 4.57. The molecule has 8 atom stereocenters. The zero-order valence-electron chi connectivity index (χ0n) is 15.1. The standard InChI is InChI=1S/C22H38/c1-15-11-13-21(19-9-5-3-7-17(15)19)22-14-12-16(2)18-8-4-6-10-20(18)22/h15-22H,3-14H2,1-2H3. The smallest absolute Gasteiger partial charge is 0.0352 e. The third-order valence-corrected chi connectivity index (χ3v) is 8.77. The highest BCUT2D eigenvalue weighted by Gasteiger charge is 2.47. The monoisotopic (exact) mass is 302 g/mol. The Morgan fingerprint density at radius 1 is 0.364 bits per heavy atom. The van der Waals surface area contributed by atoms with Crippen LogP contribution in [0.3, 0.4) is 0 Å². The van der Waals surface area contributed by atoms with Crippen LogP contribution in [0.4, 0.5) is 0 Å². The second-order valence-electron chi connectivity index (χ2n) is 9.66. The molecule has 4 saturated carbocycles. The van der Waals surface area contributed by atoms with Crippen LogP contribution in [0.5, 0.6) is 0 Å². The highest BCUT2D eigenvalue weighted by molar-refractivity contribution is 4.97. The second-order valence-corrected chi connectivity index (χ2v) is 9.66. The van der Waals surface area contributed by atoms with Crippen LogP contribution in [0.1, 0.15) is 90.9 Å². The molecule has 0 N–H and O–H groups in total. The van der Waals surface area contributed by atoms with Gasteiger partial charge in [-0.05, 0) is 85.9 Å². The van der Waals surface area contributed by atoms with E-state index < -0.39 is 0 Å². The zero-order valence-corrected chi connectivity index (χ0v) is 15.1. The Morgan fingerprint density at radius 3 is 1.09 bits per heavy atom. The zero-order chi connectivity index (χ0) is 15.1. The van der Waals surface area contributed by atoms with Gasteiger partial charge in [-0.1, -0.05) is 52.4 Å². The van der Waals surface area contributed by atoms with Crippen molar-refractivity contribution in [1.82, 2.24) is 0 Å². The molecule has 0 nitrogen and oxygen atoms in total. The molecule has 0 heterocycles. The normalized spacial score (nSPS) is 52.6. The van der Waals surface area contributed by atoms with Crippen LogP contribution in [0.2, 0.25) is 0 Å². The van der Waals surface area contributed by atoms with E-state index in [2.05, 4.69) is 13.8 Å². The first-order valence-corrected chi connectivity index (χ1v) is 10.8. The molecule has 4 rings (SSSR count). The summed E-state index contributed by atoms with van der Waals surface area (Å²) in [5, 5.41) is 0. The average Bonchev–Trinajstić information content (AvgIpc) is 2.57. The van der Waals surface area contributed by atoms with E-state index in [0.717, 1.165) is 47.3 Å². The molecule has 0 heteroatoms. The largest absolute Gasteiger partial charge is 0.0622 e. The lowest BCUT2D eigenvalue weighted by atomic mass is 9.52. The maximum atomic E-state index is 2.57. The van der Waals surface area contributed by atoms with E-state index in [0.29, 0.717) is 0 Å². The Balaban J connectivity index is 1.54. The van der Waals surface area contributed by atoms with Crippen LogP contribution in [0.25, 0.3) is 0 Å². The fourth-order valence-electron chi connectivity index (χ4n) is 7.68. The molecule has 0 amide bonds. The molecule has 0 radical (unpaired) electrons. The first-order valence-electron chi connectivity index (χ1n) is 10.8. The second kappa shape index (κ2) is 6.48. The predicted molar refractivity (Wildman–Crippen MR) is 94.7 cm³/mol. The van der Waals surface area contributed by atoms with Crippen LogP contribution in [-0.4, -0.2) is 0 Å². The van der Waals surface area contributed by atoms with Gasteiger partial charge in [-0.15, -0.1) is 0 Å². The van der Waals surface area contributed by atoms with Crippen molar-refractivity contribution < 1.29 is 0 Å². The van der Waals surface area contributed by atoms with Crippen LogP contribution in [0, 0.1) is 47.3 Å². The minimum Gasteiger partial charge on any atom is -0.0622 e. The van der Waals surface area contributed by atoms with E-state index in [1.807, 2.05) is 0 Å². The number of rotatable bonds is 1. The Hall–Kier alpha value is 0. The van der Waals surface area contributed by atoms with Gasteiger partial charge >= 0.3 is 0 Å². The first-order chi connectivity index (χ1) is 10.8. The van der Waals surface area contributed by atoms with Gasteiger partial charge in [0.1, 0.15) is 0 Å². The summed E-state index contributed by atoms with van der Waals surface area (Å²) in [5.41, 5.74) is 0. The first kappa shape index (κ1) is 15.5. The molecule has 0 aromatic carbocycles. The van der Waals surface area contributed by atoms with E-state index >= 15 is 0 Å². The van der Waals surface area contributed by atoms with Gasteiger partial charge in [0.2, 0.25) is 0 Å². The summed E-state index contributed by atoms with van der Waals surface area (Å²) in [5.74, 6) is 8.77. The molecule has 4 fully saturated rings. The van der Waals surface area contributed by atoms with Crippen molar-refractivity contribution in [3.63, 3.8) is 0 Å². The summed E-state index contributed by atoms with van der Waals surface area (Å²) in [4.78, 5) is 0. The van der Waals surface area contributed by atoms with Gasteiger partial charge in [0.25, 0.3) is 0 Å². The molecular formula is C22H38. The highest BCUT2D eigenvalue weighted by Crippen LogP contribution is 2.56. The Bertz CT molecular complexity index is 336. The fraction of sp³-hybridized carbons (Fsp3) is 1.00. The van der Waals surface area contributed by atoms with Crippen molar-refractivity contribution in [2.75, 3.05) is 0 Å². The van der Waals surface area contributed by atoms with Gasteiger partial charge in [0, 0.05) is 0 Å². The van der Waals surface area contributed by atoms with Crippen molar-refractivity contribution in [1.29, 1.82) is 0 Å². The van der Waals surface area contributed by atoms with Crippen molar-refractivity contribution in [2.24, 2.45) is 47.3 Å². The van der Waals surface area contributed by atoms with Crippen molar-refractivity contribution in [3.8, 4) is 0 Å². The molecule has 0 saturated heterocycles. The molecule has 0 bridgehead atoms. The van der Waals surface area contributed by atoms with Gasteiger partial charge in [-0.2, -0.15) is 0 Å². The summed E-state index contributed by atoms with van der Waals surface area (Å²) < 4.78 is 0. The summed E-state index contributed by atoms with van der Waals surface area (Å²) in [6, 6.07) is 0. The van der Waals surface area contributed by atoms with E-state index in [9.17, 15) is 0 Å². The van der Waals surface area contributed by atoms with Crippen molar-refractivity contribution in [2.45, 2.75) is 90.9 Å². The maximum absolute atomic E-state index is 2.57. The summed E-state index contributed by atoms with van der Waals surface area (Å²) in [6.45, 7) is 5.15. The third kappa shape index (κ3) is 2.67. The van der Waals surface area contributed by atoms with Crippen LogP contribution < -0.4 is 0 Å². The molecule has 4 aliphatic carbocycles. The topological polar surface area (TPSA) is 0 Å².